The molecule has 0 fully saturated rings. The summed E-state index contributed by atoms with van der Waals surface area (Å²) in [6, 6.07) is 23.0. The van der Waals surface area contributed by atoms with Gasteiger partial charge in [-0.05, 0) is 47.7 Å². The molecule has 1 aliphatic heterocycles. The number of carbonyl (C=O) groups excluding carboxylic acids is 2. The first kappa shape index (κ1) is 22.5. The van der Waals surface area contributed by atoms with Crippen LogP contribution in [0.3, 0.4) is 0 Å². The van der Waals surface area contributed by atoms with E-state index in [0.717, 1.165) is 16.9 Å². The molecule has 0 saturated heterocycles. The van der Waals surface area contributed by atoms with E-state index in [9.17, 15) is 19.7 Å². The van der Waals surface area contributed by atoms with E-state index < -0.39 is 11.0 Å². The Morgan fingerprint density at radius 1 is 0.971 bits per heavy atom. The summed E-state index contributed by atoms with van der Waals surface area (Å²) in [5.41, 5.74) is 4.49. The van der Waals surface area contributed by atoms with E-state index >= 15 is 0 Å². The molecule has 1 heterocycles. The molecule has 0 aromatic heterocycles. The maximum absolute atomic E-state index is 13.8. The molecule has 2 aliphatic rings. The van der Waals surface area contributed by atoms with Gasteiger partial charge >= 0.3 is 0 Å². The Hall–Kier alpha value is -4.26. The molecule has 1 amide bonds. The van der Waals surface area contributed by atoms with E-state index in [1.165, 1.54) is 12.1 Å². The summed E-state index contributed by atoms with van der Waals surface area (Å²) in [5, 5.41) is 14.7. The summed E-state index contributed by atoms with van der Waals surface area (Å²) >= 11 is 0. The molecule has 0 bridgehead atoms. The molecular weight excluding hydrogens is 442 g/mol. The first-order valence-corrected chi connectivity index (χ1v) is 11.7. The van der Waals surface area contributed by atoms with Crippen LogP contribution in [0.4, 0.5) is 17.1 Å². The molecule has 3 aromatic rings. The van der Waals surface area contributed by atoms with Crippen LogP contribution in [0.15, 0.2) is 90.1 Å². The van der Waals surface area contributed by atoms with Crippen LogP contribution in [0.2, 0.25) is 0 Å². The van der Waals surface area contributed by atoms with E-state index in [-0.39, 0.29) is 29.7 Å². The first-order valence-electron chi connectivity index (χ1n) is 11.7. The highest BCUT2D eigenvalue weighted by Gasteiger charge is 2.41. The molecule has 5 rings (SSSR count). The van der Waals surface area contributed by atoms with Crippen molar-refractivity contribution in [3.05, 3.63) is 111 Å². The number of para-hydroxylation sites is 2. The maximum Gasteiger partial charge on any atom is 0.269 e. The molecule has 3 aromatic carbocycles. The van der Waals surface area contributed by atoms with Gasteiger partial charge in [-0.25, -0.2) is 0 Å². The Morgan fingerprint density at radius 3 is 2.34 bits per heavy atom. The fourth-order valence-corrected chi connectivity index (χ4v) is 5.09. The summed E-state index contributed by atoms with van der Waals surface area (Å²) in [6.45, 7) is 1.79. The van der Waals surface area contributed by atoms with Crippen molar-refractivity contribution in [1.29, 1.82) is 0 Å². The molecule has 1 N–H and O–H groups in total. The number of nitro groups is 1. The molecule has 176 valence electrons. The summed E-state index contributed by atoms with van der Waals surface area (Å²) in [7, 11) is 0. The third-order valence-corrected chi connectivity index (χ3v) is 6.75. The molecule has 7 nitrogen and oxygen atoms in total. The molecule has 7 heteroatoms. The number of Topliss-reactive ketones (excluding diaryl/α,β-unsaturated/α-hetero) is 1. The SMILES string of the molecule is CCC(=O)N1c2ccccc2NC2=C(C(=O)C[C@H](c3ccccc3)C2)[C@@H]1c1ccc([N+](=O)[O-])cc1. The number of rotatable bonds is 4. The van der Waals surface area contributed by atoms with Crippen molar-refractivity contribution in [2.24, 2.45) is 0 Å². The topological polar surface area (TPSA) is 92.6 Å². The summed E-state index contributed by atoms with van der Waals surface area (Å²) < 4.78 is 0. The predicted molar refractivity (Wildman–Crippen MR) is 134 cm³/mol. The van der Waals surface area contributed by atoms with Crippen molar-refractivity contribution in [3.8, 4) is 0 Å². The van der Waals surface area contributed by atoms with Gasteiger partial charge in [0.2, 0.25) is 5.91 Å². The number of hydrogen-bond acceptors (Lipinski definition) is 5. The Balaban J connectivity index is 1.70. The fraction of sp³-hybridized carbons (Fsp3) is 0.214. The number of non-ortho nitro benzene ring substituents is 1. The monoisotopic (exact) mass is 467 g/mol. The smallest absolute Gasteiger partial charge is 0.269 e. The van der Waals surface area contributed by atoms with Crippen molar-refractivity contribution in [3.63, 3.8) is 0 Å². The average Bonchev–Trinajstić information content (AvgIpc) is 3.03. The normalized spacial score (nSPS) is 19.3. The second kappa shape index (κ2) is 9.18. The third kappa shape index (κ3) is 4.10. The van der Waals surface area contributed by atoms with Gasteiger partial charge in [0.05, 0.1) is 22.3 Å². The number of nitrogens with one attached hydrogen (secondary N) is 1. The molecule has 1 aliphatic carbocycles. The minimum absolute atomic E-state index is 0.0213. The summed E-state index contributed by atoms with van der Waals surface area (Å²) in [4.78, 5) is 39.6. The van der Waals surface area contributed by atoms with Crippen LogP contribution in [0, 0.1) is 10.1 Å². The van der Waals surface area contributed by atoms with Gasteiger partial charge < -0.3 is 5.32 Å². The molecule has 35 heavy (non-hydrogen) atoms. The lowest BCUT2D eigenvalue weighted by atomic mass is 9.78. The van der Waals surface area contributed by atoms with Gasteiger partial charge in [0.1, 0.15) is 0 Å². The Kier molecular flexibility index (Phi) is 5.91. The number of nitro benzene ring substituents is 1. The quantitative estimate of drug-likeness (QED) is 0.381. The zero-order valence-electron chi connectivity index (χ0n) is 19.3. The van der Waals surface area contributed by atoms with Crippen molar-refractivity contribution >= 4 is 28.8 Å². The summed E-state index contributed by atoms with van der Waals surface area (Å²) in [5.74, 6) is -0.139. The molecule has 0 saturated carbocycles. The van der Waals surface area contributed by atoms with E-state index in [1.54, 1.807) is 24.0 Å². The lowest BCUT2D eigenvalue weighted by Gasteiger charge is -2.35. The average molecular weight is 468 g/mol. The van der Waals surface area contributed by atoms with Crippen LogP contribution < -0.4 is 10.2 Å². The number of hydrogen-bond donors (Lipinski definition) is 1. The third-order valence-electron chi connectivity index (χ3n) is 6.75. The molecule has 0 spiro atoms. The maximum atomic E-state index is 13.8. The van der Waals surface area contributed by atoms with Gasteiger partial charge in [-0.2, -0.15) is 0 Å². The van der Waals surface area contributed by atoms with Crippen LogP contribution in [0.25, 0.3) is 0 Å². The van der Waals surface area contributed by atoms with Crippen molar-refractivity contribution in [2.75, 3.05) is 10.2 Å². The number of carbonyl (C=O) groups is 2. The second-order valence-electron chi connectivity index (χ2n) is 8.84. The van der Waals surface area contributed by atoms with Gasteiger partial charge in [-0.15, -0.1) is 0 Å². The van der Waals surface area contributed by atoms with Crippen molar-refractivity contribution in [2.45, 2.75) is 38.1 Å². The fourth-order valence-electron chi connectivity index (χ4n) is 5.09. The van der Waals surface area contributed by atoms with Crippen LogP contribution in [0.5, 0.6) is 0 Å². The molecule has 0 unspecified atom stereocenters. The zero-order chi connectivity index (χ0) is 24.5. The van der Waals surface area contributed by atoms with Gasteiger partial charge in [0.15, 0.2) is 5.78 Å². The highest BCUT2D eigenvalue weighted by Crippen LogP contribution is 2.47. The van der Waals surface area contributed by atoms with E-state index in [4.69, 9.17) is 0 Å². The highest BCUT2D eigenvalue weighted by molar-refractivity contribution is 6.06. The molecular formula is C28H25N3O4. The summed E-state index contributed by atoms with van der Waals surface area (Å²) in [6.07, 6.45) is 1.21. The Bertz CT molecular complexity index is 1330. The Morgan fingerprint density at radius 2 is 1.66 bits per heavy atom. The zero-order valence-corrected chi connectivity index (χ0v) is 19.3. The van der Waals surface area contributed by atoms with E-state index in [1.807, 2.05) is 54.6 Å². The standard InChI is InChI=1S/C28H25N3O4/c1-2-26(33)30-24-11-7-6-10-22(24)29-23-16-20(18-8-4-3-5-9-18)17-25(32)27(23)28(30)19-12-14-21(15-13-19)31(34)35/h3-15,20,28-29H,2,16-17H2,1H3/t20-,28+/m1/s1. The predicted octanol–water partition coefficient (Wildman–Crippen LogP) is 5.91. The number of ketones is 1. The minimum atomic E-state index is -0.682. The van der Waals surface area contributed by atoms with Crippen LogP contribution >= 0.6 is 0 Å². The van der Waals surface area contributed by atoms with Gasteiger partial charge in [-0.1, -0.05) is 49.4 Å². The van der Waals surface area contributed by atoms with Crippen molar-refractivity contribution in [1.82, 2.24) is 0 Å². The van der Waals surface area contributed by atoms with Gasteiger partial charge in [-0.3, -0.25) is 24.6 Å². The van der Waals surface area contributed by atoms with Crippen LogP contribution in [-0.2, 0) is 9.59 Å². The minimum Gasteiger partial charge on any atom is -0.357 e. The molecule has 0 radical (unpaired) electrons. The number of fused-ring (bicyclic) bond motifs is 1. The molecule has 2 atom stereocenters. The number of anilines is 2. The van der Waals surface area contributed by atoms with E-state index in [0.29, 0.717) is 29.7 Å². The number of benzene rings is 3. The first-order chi connectivity index (χ1) is 17.0. The Labute approximate surface area is 203 Å². The second-order valence-corrected chi connectivity index (χ2v) is 8.84. The van der Waals surface area contributed by atoms with Crippen LogP contribution in [-0.4, -0.2) is 16.6 Å². The number of allylic oxidation sites excluding steroid dienone is 1. The highest BCUT2D eigenvalue weighted by atomic mass is 16.6. The van der Waals surface area contributed by atoms with Crippen molar-refractivity contribution < 1.29 is 14.5 Å². The number of nitrogens with zero attached hydrogens (tertiary/aromatic N) is 2. The van der Waals surface area contributed by atoms with E-state index in [2.05, 4.69) is 5.32 Å². The van der Waals surface area contributed by atoms with Gasteiger partial charge in [0, 0.05) is 36.2 Å². The van der Waals surface area contributed by atoms with Crippen LogP contribution in [0.1, 0.15) is 49.3 Å². The van der Waals surface area contributed by atoms with Gasteiger partial charge in [0.25, 0.3) is 5.69 Å². The largest absolute Gasteiger partial charge is 0.357 e. The lowest BCUT2D eigenvalue weighted by molar-refractivity contribution is -0.384. The lowest BCUT2D eigenvalue weighted by Crippen LogP contribution is -2.38. The number of amides is 1.